The lowest BCUT2D eigenvalue weighted by molar-refractivity contribution is -0.127. The Kier molecular flexibility index (Phi) is 3.47. The molecule has 0 saturated carbocycles. The fraction of sp³-hybridized carbons (Fsp3) is 0.417. The minimum absolute atomic E-state index is 0.0135. The van der Waals surface area contributed by atoms with Gasteiger partial charge in [-0.05, 0) is 17.7 Å². The summed E-state index contributed by atoms with van der Waals surface area (Å²) in [5.41, 5.74) is 6.71. The van der Waals surface area contributed by atoms with Gasteiger partial charge < -0.3 is 15.4 Å². The third-order valence-corrected chi connectivity index (χ3v) is 3.07. The molecule has 18 heavy (non-hydrogen) atoms. The second kappa shape index (κ2) is 4.89. The molecule has 98 valence electrons. The van der Waals surface area contributed by atoms with Gasteiger partial charge in [-0.15, -0.1) is 0 Å². The molecule has 0 spiro atoms. The molecular weight excluding hydrogens is 242 g/mol. The van der Waals surface area contributed by atoms with Gasteiger partial charge in [0.1, 0.15) is 5.75 Å². The highest BCUT2D eigenvalue weighted by Crippen LogP contribution is 2.31. The predicted octanol–water partition coefficient (Wildman–Crippen LogP) is 1.52. The van der Waals surface area contributed by atoms with Crippen LogP contribution >= 0.6 is 0 Å². The van der Waals surface area contributed by atoms with E-state index in [1.54, 1.807) is 24.1 Å². The van der Waals surface area contributed by atoms with E-state index in [1.165, 1.54) is 12.1 Å². The molecule has 1 aliphatic heterocycles. The quantitative estimate of drug-likeness (QED) is 0.892. The molecule has 0 aliphatic carbocycles. The summed E-state index contributed by atoms with van der Waals surface area (Å²) in [5, 5.41) is 0. The first kappa shape index (κ1) is 12.8. The molecule has 2 unspecified atom stereocenters. The van der Waals surface area contributed by atoms with Crippen molar-refractivity contribution in [1.29, 1.82) is 0 Å². The number of rotatable bonds is 3. The minimum atomic E-state index is -2.84. The number of halogens is 2. The lowest BCUT2D eigenvalue weighted by atomic mass is 10.0. The number of amides is 1. The Labute approximate surface area is 103 Å². The molecule has 1 amide bonds. The zero-order valence-corrected chi connectivity index (χ0v) is 9.85. The van der Waals surface area contributed by atoms with E-state index in [2.05, 4.69) is 4.74 Å². The van der Waals surface area contributed by atoms with Crippen LogP contribution in [0.2, 0.25) is 0 Å². The fourth-order valence-electron chi connectivity index (χ4n) is 2.22. The van der Waals surface area contributed by atoms with Crippen LogP contribution in [0.1, 0.15) is 18.0 Å². The van der Waals surface area contributed by atoms with Gasteiger partial charge in [-0.1, -0.05) is 12.1 Å². The van der Waals surface area contributed by atoms with E-state index in [-0.39, 0.29) is 23.7 Å². The molecule has 1 aromatic carbocycles. The number of carbonyl (C=O) groups is 1. The summed E-state index contributed by atoms with van der Waals surface area (Å²) in [5.74, 6) is 0.0784. The summed E-state index contributed by atoms with van der Waals surface area (Å²) in [6, 6.07) is 5.71. The Bertz CT molecular complexity index is 436. The third kappa shape index (κ3) is 2.43. The smallest absolute Gasteiger partial charge is 0.387 e. The van der Waals surface area contributed by atoms with Gasteiger partial charge in [-0.2, -0.15) is 8.78 Å². The molecule has 0 radical (unpaired) electrons. The van der Waals surface area contributed by atoms with Crippen LogP contribution in [0.3, 0.4) is 0 Å². The van der Waals surface area contributed by atoms with Gasteiger partial charge in [-0.25, -0.2) is 0 Å². The number of hydrogen-bond acceptors (Lipinski definition) is 3. The average molecular weight is 256 g/mol. The third-order valence-electron chi connectivity index (χ3n) is 3.07. The molecule has 1 aromatic rings. The summed E-state index contributed by atoms with van der Waals surface area (Å²) < 4.78 is 28.3. The first-order valence-electron chi connectivity index (χ1n) is 5.55. The highest BCUT2D eigenvalue weighted by Gasteiger charge is 2.35. The number of ether oxygens (including phenoxy) is 1. The molecule has 2 N–H and O–H groups in total. The Balaban J connectivity index is 2.17. The van der Waals surface area contributed by atoms with Gasteiger partial charge in [0.05, 0.1) is 6.04 Å². The van der Waals surface area contributed by atoms with Gasteiger partial charge in [0.2, 0.25) is 5.91 Å². The van der Waals surface area contributed by atoms with Gasteiger partial charge >= 0.3 is 6.61 Å². The van der Waals surface area contributed by atoms with Crippen molar-refractivity contribution in [2.24, 2.45) is 5.73 Å². The number of hydrogen-bond donors (Lipinski definition) is 1. The number of carbonyl (C=O) groups excluding carboxylic acids is 1. The molecule has 6 heteroatoms. The van der Waals surface area contributed by atoms with Crippen molar-refractivity contribution >= 4 is 5.91 Å². The Morgan fingerprint density at radius 1 is 1.39 bits per heavy atom. The van der Waals surface area contributed by atoms with E-state index < -0.39 is 6.61 Å². The van der Waals surface area contributed by atoms with Crippen LogP contribution in [-0.2, 0) is 4.79 Å². The largest absolute Gasteiger partial charge is 0.435 e. The van der Waals surface area contributed by atoms with E-state index in [0.717, 1.165) is 5.56 Å². The number of benzene rings is 1. The molecule has 0 aromatic heterocycles. The molecule has 1 heterocycles. The normalized spacial score (nSPS) is 23.8. The van der Waals surface area contributed by atoms with Crippen LogP contribution in [0.4, 0.5) is 8.78 Å². The number of likely N-dealkylation sites (tertiary alicyclic amines) is 1. The van der Waals surface area contributed by atoms with Crippen LogP contribution < -0.4 is 10.5 Å². The monoisotopic (exact) mass is 256 g/mol. The Morgan fingerprint density at radius 3 is 2.44 bits per heavy atom. The zero-order chi connectivity index (χ0) is 13.3. The van der Waals surface area contributed by atoms with Gasteiger partial charge in [0.25, 0.3) is 0 Å². The summed E-state index contributed by atoms with van der Waals surface area (Å²) in [4.78, 5) is 13.1. The van der Waals surface area contributed by atoms with Crippen LogP contribution in [0, 0.1) is 0 Å². The lowest BCUT2D eigenvalue weighted by Gasteiger charge is -2.23. The second-order valence-corrected chi connectivity index (χ2v) is 4.26. The Hall–Kier alpha value is -1.69. The van der Waals surface area contributed by atoms with E-state index >= 15 is 0 Å². The SMILES string of the molecule is CN1C(=O)CC(N)C1c1ccc(OC(F)F)cc1. The van der Waals surface area contributed by atoms with Crippen molar-refractivity contribution in [2.45, 2.75) is 25.1 Å². The van der Waals surface area contributed by atoms with E-state index in [1.807, 2.05) is 0 Å². The number of likely N-dealkylation sites (N-methyl/N-ethyl adjacent to an activating group) is 1. The highest BCUT2D eigenvalue weighted by atomic mass is 19.3. The highest BCUT2D eigenvalue weighted by molar-refractivity contribution is 5.80. The summed E-state index contributed by atoms with van der Waals surface area (Å²) in [6.07, 6.45) is 0.302. The summed E-state index contributed by atoms with van der Waals surface area (Å²) in [6.45, 7) is -2.84. The molecule has 1 saturated heterocycles. The Morgan fingerprint density at radius 2 is 2.00 bits per heavy atom. The summed E-state index contributed by atoms with van der Waals surface area (Å²) >= 11 is 0. The molecule has 1 aliphatic rings. The number of nitrogens with two attached hydrogens (primary N) is 1. The topological polar surface area (TPSA) is 55.6 Å². The second-order valence-electron chi connectivity index (χ2n) is 4.26. The maximum absolute atomic E-state index is 12.0. The molecule has 2 atom stereocenters. The zero-order valence-electron chi connectivity index (χ0n) is 9.85. The molecule has 4 nitrogen and oxygen atoms in total. The molecule has 2 rings (SSSR count). The number of nitrogens with zero attached hydrogens (tertiary/aromatic N) is 1. The van der Waals surface area contributed by atoms with Gasteiger partial charge in [-0.3, -0.25) is 4.79 Å². The van der Waals surface area contributed by atoms with Gasteiger partial charge in [0, 0.05) is 19.5 Å². The average Bonchev–Trinajstić information content (AvgIpc) is 2.54. The standard InChI is InChI=1S/C12H14F2N2O2/c1-16-10(17)6-9(15)11(16)7-2-4-8(5-3-7)18-12(13)14/h2-5,9,11-12H,6,15H2,1H3. The lowest BCUT2D eigenvalue weighted by Crippen LogP contribution is -2.30. The maximum Gasteiger partial charge on any atom is 0.387 e. The maximum atomic E-state index is 12.0. The van der Waals surface area contributed by atoms with E-state index in [0.29, 0.717) is 6.42 Å². The van der Waals surface area contributed by atoms with Crippen molar-refractivity contribution in [3.8, 4) is 5.75 Å². The van der Waals surface area contributed by atoms with Crippen molar-refractivity contribution in [2.75, 3.05) is 7.05 Å². The van der Waals surface area contributed by atoms with Crippen molar-refractivity contribution < 1.29 is 18.3 Å². The van der Waals surface area contributed by atoms with Crippen molar-refractivity contribution in [3.05, 3.63) is 29.8 Å². The van der Waals surface area contributed by atoms with Crippen LogP contribution in [0.25, 0.3) is 0 Å². The summed E-state index contributed by atoms with van der Waals surface area (Å²) in [7, 11) is 1.68. The fourth-order valence-corrected chi connectivity index (χ4v) is 2.22. The van der Waals surface area contributed by atoms with E-state index in [4.69, 9.17) is 5.73 Å². The van der Waals surface area contributed by atoms with E-state index in [9.17, 15) is 13.6 Å². The van der Waals surface area contributed by atoms with Crippen LogP contribution in [0.5, 0.6) is 5.75 Å². The van der Waals surface area contributed by atoms with Crippen LogP contribution in [-0.4, -0.2) is 30.5 Å². The molecule has 1 fully saturated rings. The first-order chi connectivity index (χ1) is 8.49. The first-order valence-corrected chi connectivity index (χ1v) is 5.55. The molecular formula is C12H14F2N2O2. The minimum Gasteiger partial charge on any atom is -0.435 e. The van der Waals surface area contributed by atoms with Crippen LogP contribution in [0.15, 0.2) is 24.3 Å². The molecule has 0 bridgehead atoms. The van der Waals surface area contributed by atoms with Gasteiger partial charge in [0.15, 0.2) is 0 Å². The van der Waals surface area contributed by atoms with Crippen molar-refractivity contribution in [3.63, 3.8) is 0 Å². The number of alkyl halides is 2. The van der Waals surface area contributed by atoms with Crippen molar-refractivity contribution in [1.82, 2.24) is 4.90 Å². The predicted molar refractivity (Wildman–Crippen MR) is 61.2 cm³/mol.